The van der Waals surface area contributed by atoms with Gasteiger partial charge in [0.05, 0.1) is 21.3 Å². The van der Waals surface area contributed by atoms with E-state index in [1.807, 2.05) is 22.6 Å². The minimum Gasteiger partial charge on any atom is -0.492 e. The molecule has 0 spiro atoms. The van der Waals surface area contributed by atoms with Gasteiger partial charge in [-0.25, -0.2) is 0 Å². The molecular weight excluding hydrogens is 348 g/mol. The summed E-state index contributed by atoms with van der Waals surface area (Å²) < 4.78 is 43.9. The summed E-state index contributed by atoms with van der Waals surface area (Å²) in [6, 6.07) is 2.20. The second-order valence-corrected chi connectivity index (χ2v) is 4.45. The van der Waals surface area contributed by atoms with E-state index >= 15 is 0 Å². The van der Waals surface area contributed by atoms with Gasteiger partial charge >= 0.3 is 6.18 Å². The van der Waals surface area contributed by atoms with E-state index in [1.54, 1.807) is 6.92 Å². The fraction of sp³-hybridized carbons (Fsp3) is 0.364. The molecule has 0 radical (unpaired) electrons. The van der Waals surface area contributed by atoms with E-state index in [0.717, 1.165) is 13.0 Å². The maximum Gasteiger partial charge on any atom is 0.417 e. The van der Waals surface area contributed by atoms with E-state index in [1.165, 1.54) is 6.07 Å². The molecule has 0 saturated heterocycles. The number of ether oxygens (including phenoxy) is 1. The number of hydrogen-bond acceptors (Lipinski definition) is 2. The lowest BCUT2D eigenvalue weighted by Gasteiger charge is -2.16. The summed E-state index contributed by atoms with van der Waals surface area (Å²) in [6.07, 6.45) is -4.56. The van der Waals surface area contributed by atoms with Crippen LogP contribution in [-0.2, 0) is 6.18 Å². The lowest BCUT2D eigenvalue weighted by Crippen LogP contribution is -2.14. The van der Waals surface area contributed by atoms with E-state index in [9.17, 15) is 18.0 Å². The Morgan fingerprint density at radius 2 is 2.00 bits per heavy atom. The van der Waals surface area contributed by atoms with E-state index < -0.39 is 23.1 Å². The Labute approximate surface area is 110 Å². The molecule has 2 nitrogen and oxygen atoms in total. The van der Waals surface area contributed by atoms with Gasteiger partial charge < -0.3 is 4.74 Å². The average Bonchev–Trinajstić information content (AvgIpc) is 2.18. The molecule has 0 aliphatic heterocycles. The highest BCUT2D eigenvalue weighted by Crippen LogP contribution is 2.38. The molecule has 1 aromatic carbocycles. The first-order valence-electron chi connectivity index (χ1n) is 4.82. The fourth-order valence-electron chi connectivity index (χ4n) is 1.43. The molecule has 0 N–H and O–H groups in total. The molecule has 0 aliphatic rings. The van der Waals surface area contributed by atoms with Gasteiger partial charge in [0, 0.05) is 0 Å². The van der Waals surface area contributed by atoms with Crippen molar-refractivity contribution in [1.82, 2.24) is 0 Å². The van der Waals surface area contributed by atoms with Crippen molar-refractivity contribution in [2.24, 2.45) is 0 Å². The molecule has 0 fully saturated rings. The number of alkyl halides is 3. The van der Waals surface area contributed by atoms with Gasteiger partial charge in [0.15, 0.2) is 5.78 Å². The Bertz CT molecular complexity index is 441. The Balaban J connectivity index is 3.53. The number of halogens is 4. The van der Waals surface area contributed by atoms with Crippen molar-refractivity contribution in [3.63, 3.8) is 0 Å². The lowest BCUT2D eigenvalue weighted by atomic mass is 10.0. The van der Waals surface area contributed by atoms with Crippen molar-refractivity contribution >= 4 is 28.4 Å². The number of ketones is 1. The van der Waals surface area contributed by atoms with E-state index in [4.69, 9.17) is 4.74 Å². The van der Waals surface area contributed by atoms with Crippen molar-refractivity contribution in [2.45, 2.75) is 20.0 Å². The maximum absolute atomic E-state index is 12.8. The van der Waals surface area contributed by atoms with Crippen LogP contribution < -0.4 is 4.74 Å². The summed E-state index contributed by atoms with van der Waals surface area (Å²) in [7, 11) is 0. The predicted octanol–water partition coefficient (Wildman–Crippen LogP) is 3.91. The van der Waals surface area contributed by atoms with Gasteiger partial charge in [-0.15, -0.1) is 0 Å². The molecule has 6 heteroatoms. The number of hydrogen-bond donors (Lipinski definition) is 0. The Hall–Kier alpha value is -0.790. The zero-order valence-electron chi connectivity index (χ0n) is 9.19. The average molecular weight is 358 g/mol. The minimum absolute atomic E-state index is 0.00965. The number of rotatable bonds is 3. The van der Waals surface area contributed by atoms with Crippen molar-refractivity contribution in [3.8, 4) is 5.75 Å². The summed E-state index contributed by atoms with van der Waals surface area (Å²) in [5, 5.41) is 0. The molecule has 1 rings (SSSR count). The van der Waals surface area contributed by atoms with Gasteiger partial charge in [-0.2, -0.15) is 13.2 Å². The smallest absolute Gasteiger partial charge is 0.417 e. The molecular formula is C11H10F3IO2. The minimum atomic E-state index is -4.56. The van der Waals surface area contributed by atoms with Crippen LogP contribution in [0, 0.1) is 3.57 Å². The first-order valence-corrected chi connectivity index (χ1v) is 5.90. The van der Waals surface area contributed by atoms with Crippen molar-refractivity contribution < 1.29 is 22.7 Å². The normalized spacial score (nSPS) is 11.4. The van der Waals surface area contributed by atoms with Crippen LogP contribution in [0.15, 0.2) is 12.1 Å². The van der Waals surface area contributed by atoms with Gasteiger partial charge in [-0.3, -0.25) is 4.79 Å². The highest BCUT2D eigenvalue weighted by molar-refractivity contribution is 14.1. The van der Waals surface area contributed by atoms with Gasteiger partial charge in [0.25, 0.3) is 0 Å². The lowest BCUT2D eigenvalue weighted by molar-refractivity contribution is -0.138. The molecule has 0 saturated carbocycles. The molecule has 0 unspecified atom stereocenters. The van der Waals surface area contributed by atoms with Crippen LogP contribution in [0.3, 0.4) is 0 Å². The molecule has 94 valence electrons. The fourth-order valence-corrected chi connectivity index (χ4v) is 2.03. The summed E-state index contributed by atoms with van der Waals surface area (Å²) in [4.78, 5) is 11.4. The molecule has 0 amide bonds. The molecule has 0 atom stereocenters. The van der Waals surface area contributed by atoms with Crippen LogP contribution in [0.5, 0.6) is 5.75 Å². The summed E-state index contributed by atoms with van der Waals surface area (Å²) in [5.41, 5.74) is -1.35. The van der Waals surface area contributed by atoms with Crippen LogP contribution >= 0.6 is 22.6 Å². The number of carbonyl (C=O) groups excluding carboxylic acids is 1. The third-order valence-electron chi connectivity index (χ3n) is 2.06. The van der Waals surface area contributed by atoms with Gasteiger partial charge in [0.2, 0.25) is 0 Å². The number of benzene rings is 1. The largest absolute Gasteiger partial charge is 0.492 e. The monoisotopic (exact) mass is 358 g/mol. The van der Waals surface area contributed by atoms with Crippen LogP contribution in [0.2, 0.25) is 0 Å². The Kier molecular flexibility index (Phi) is 4.40. The predicted molar refractivity (Wildman–Crippen MR) is 65.3 cm³/mol. The topological polar surface area (TPSA) is 26.3 Å². The van der Waals surface area contributed by atoms with Gasteiger partial charge in [0.1, 0.15) is 5.75 Å². The van der Waals surface area contributed by atoms with Crippen LogP contribution in [-0.4, -0.2) is 12.4 Å². The third-order valence-corrected chi connectivity index (χ3v) is 2.91. The quantitative estimate of drug-likeness (QED) is 0.605. The molecule has 0 aliphatic carbocycles. The van der Waals surface area contributed by atoms with Gasteiger partial charge in [-0.05, 0) is 48.6 Å². The molecule has 0 heterocycles. The molecule has 0 bridgehead atoms. The number of carbonyl (C=O) groups is 1. The highest BCUT2D eigenvalue weighted by Gasteiger charge is 2.36. The van der Waals surface area contributed by atoms with Crippen molar-refractivity contribution in [3.05, 3.63) is 26.8 Å². The molecule has 17 heavy (non-hydrogen) atoms. The second-order valence-electron chi connectivity index (χ2n) is 3.29. The van der Waals surface area contributed by atoms with E-state index in [2.05, 4.69) is 0 Å². The standard InChI is InChI=1S/C11H10F3IO2/c1-3-17-10-8(15)5-4-7(11(12,13)14)9(10)6(2)16/h4-5H,3H2,1-2H3. The summed E-state index contributed by atoms with van der Waals surface area (Å²) in [6.45, 7) is 2.96. The molecule has 1 aromatic rings. The van der Waals surface area contributed by atoms with Crippen LogP contribution in [0.25, 0.3) is 0 Å². The Morgan fingerprint density at radius 1 is 1.41 bits per heavy atom. The summed E-state index contributed by atoms with van der Waals surface area (Å²) in [5.74, 6) is -0.644. The zero-order chi connectivity index (χ0) is 13.2. The van der Waals surface area contributed by atoms with Crippen LogP contribution in [0.1, 0.15) is 29.8 Å². The highest BCUT2D eigenvalue weighted by atomic mass is 127. The molecule has 0 aromatic heterocycles. The second kappa shape index (κ2) is 5.24. The first kappa shape index (κ1) is 14.3. The maximum atomic E-state index is 12.8. The van der Waals surface area contributed by atoms with Crippen molar-refractivity contribution in [1.29, 1.82) is 0 Å². The Morgan fingerprint density at radius 3 is 2.41 bits per heavy atom. The van der Waals surface area contributed by atoms with E-state index in [0.29, 0.717) is 3.57 Å². The van der Waals surface area contributed by atoms with E-state index in [-0.39, 0.29) is 12.4 Å². The summed E-state index contributed by atoms with van der Waals surface area (Å²) >= 11 is 1.84. The zero-order valence-corrected chi connectivity index (χ0v) is 11.3. The first-order chi connectivity index (χ1) is 7.79. The van der Waals surface area contributed by atoms with Crippen molar-refractivity contribution in [2.75, 3.05) is 6.61 Å². The SMILES string of the molecule is CCOc1c(I)ccc(C(F)(F)F)c1C(C)=O. The number of Topliss-reactive ketones (excluding diaryl/α,β-unsaturated/α-hetero) is 1. The van der Waals surface area contributed by atoms with Gasteiger partial charge in [-0.1, -0.05) is 0 Å². The third kappa shape index (κ3) is 3.11. The van der Waals surface area contributed by atoms with Crippen LogP contribution in [0.4, 0.5) is 13.2 Å².